The van der Waals surface area contributed by atoms with Gasteiger partial charge in [0.1, 0.15) is 5.69 Å². The molecule has 1 N–H and O–H groups in total. The van der Waals surface area contributed by atoms with E-state index in [-0.39, 0.29) is 30.1 Å². The number of nitrogens with zero attached hydrogens (tertiary/aromatic N) is 4. The zero-order valence-electron chi connectivity index (χ0n) is 18.6. The first-order valence-electron chi connectivity index (χ1n) is 11.0. The topological polar surface area (TPSA) is 87.5 Å². The smallest absolute Gasteiger partial charge is 0.276 e. The Bertz CT molecular complexity index is 1170. The van der Waals surface area contributed by atoms with Gasteiger partial charge in [-0.3, -0.25) is 14.4 Å². The highest BCUT2D eigenvalue weighted by atomic mass is 16.2. The fraction of sp³-hybridized carbons (Fsp3) is 0.280. The molecule has 4 rings (SSSR count). The van der Waals surface area contributed by atoms with Crippen LogP contribution in [0.2, 0.25) is 0 Å². The van der Waals surface area contributed by atoms with E-state index in [1.807, 2.05) is 42.2 Å². The fourth-order valence-corrected chi connectivity index (χ4v) is 3.77. The minimum atomic E-state index is -0.407. The highest BCUT2D eigenvalue weighted by Crippen LogP contribution is 2.16. The van der Waals surface area contributed by atoms with Crippen molar-refractivity contribution in [1.29, 1.82) is 0 Å². The number of benzene rings is 2. The quantitative estimate of drug-likeness (QED) is 0.630. The molecule has 8 nitrogen and oxygen atoms in total. The Morgan fingerprint density at radius 3 is 2.30 bits per heavy atom. The molecule has 8 heteroatoms. The van der Waals surface area contributed by atoms with Crippen LogP contribution in [-0.4, -0.2) is 52.7 Å². The van der Waals surface area contributed by atoms with Crippen molar-refractivity contribution in [3.63, 3.8) is 0 Å². The Hall–Kier alpha value is -3.94. The van der Waals surface area contributed by atoms with Gasteiger partial charge >= 0.3 is 0 Å². The van der Waals surface area contributed by atoms with Gasteiger partial charge in [0.25, 0.3) is 11.5 Å². The lowest BCUT2D eigenvalue weighted by Gasteiger charge is -2.36. The van der Waals surface area contributed by atoms with Crippen LogP contribution in [0.25, 0.3) is 0 Å². The predicted molar refractivity (Wildman–Crippen MR) is 127 cm³/mol. The molecule has 3 aromatic rings. The number of nitrogens with one attached hydrogen (secondary N) is 1. The molecule has 0 atom stereocenters. The van der Waals surface area contributed by atoms with Crippen LogP contribution in [0.3, 0.4) is 0 Å². The summed E-state index contributed by atoms with van der Waals surface area (Å²) in [6.07, 6.45) is 0.154. The molecular weight excluding hydrogens is 418 g/mol. The summed E-state index contributed by atoms with van der Waals surface area (Å²) in [5, 5.41) is 6.94. The van der Waals surface area contributed by atoms with E-state index in [1.165, 1.54) is 16.8 Å². The second kappa shape index (κ2) is 10.1. The Labute approximate surface area is 192 Å². The van der Waals surface area contributed by atoms with Gasteiger partial charge in [-0.15, -0.1) is 0 Å². The third-order valence-corrected chi connectivity index (χ3v) is 5.70. The third-order valence-electron chi connectivity index (χ3n) is 5.70. The number of carbonyl (C=O) groups is 2. The maximum absolute atomic E-state index is 12.7. The van der Waals surface area contributed by atoms with Gasteiger partial charge in [0, 0.05) is 50.0 Å². The second-order valence-corrected chi connectivity index (χ2v) is 8.05. The van der Waals surface area contributed by atoms with Crippen molar-refractivity contribution >= 4 is 23.2 Å². The van der Waals surface area contributed by atoms with Crippen LogP contribution >= 0.6 is 0 Å². The van der Waals surface area contributed by atoms with Crippen molar-refractivity contribution < 1.29 is 9.59 Å². The number of aryl methyl sites for hydroxylation is 2. The second-order valence-electron chi connectivity index (χ2n) is 8.05. The van der Waals surface area contributed by atoms with E-state index < -0.39 is 5.91 Å². The van der Waals surface area contributed by atoms with Gasteiger partial charge in [-0.05, 0) is 37.3 Å². The molecule has 0 spiro atoms. The van der Waals surface area contributed by atoms with E-state index in [0.717, 1.165) is 24.3 Å². The predicted octanol–water partition coefficient (Wildman–Crippen LogP) is 2.54. The highest BCUT2D eigenvalue weighted by molar-refractivity contribution is 6.02. The van der Waals surface area contributed by atoms with Gasteiger partial charge in [-0.25, -0.2) is 4.68 Å². The normalized spacial score (nSPS) is 13.6. The van der Waals surface area contributed by atoms with Crippen LogP contribution in [0.4, 0.5) is 11.4 Å². The average molecular weight is 446 g/mol. The van der Waals surface area contributed by atoms with Gasteiger partial charge in [0.05, 0.1) is 6.54 Å². The van der Waals surface area contributed by atoms with Crippen molar-refractivity contribution in [3.8, 4) is 0 Å². The number of anilines is 2. The molecule has 1 aromatic heterocycles. The molecule has 1 fully saturated rings. The lowest BCUT2D eigenvalue weighted by Crippen LogP contribution is -2.49. The summed E-state index contributed by atoms with van der Waals surface area (Å²) in [5.74, 6) is -0.429. The van der Waals surface area contributed by atoms with E-state index in [4.69, 9.17) is 0 Å². The lowest BCUT2D eigenvalue weighted by molar-refractivity contribution is -0.131. The standard InChI is InChI=1S/C25H27N5O3/c1-19-7-9-20(10-8-19)26-25(33)22-11-12-24(32)30(27-22)14-13-23(31)29-17-15-28(16-18-29)21-5-3-2-4-6-21/h2-12H,13-18H2,1H3,(H,26,33). The number of rotatable bonds is 6. The monoisotopic (exact) mass is 445 g/mol. The molecule has 0 saturated carbocycles. The Balaban J connectivity index is 1.32. The van der Waals surface area contributed by atoms with Gasteiger partial charge in [-0.2, -0.15) is 5.10 Å². The number of carbonyl (C=O) groups excluding carboxylic acids is 2. The molecule has 2 aromatic carbocycles. The summed E-state index contributed by atoms with van der Waals surface area (Å²) >= 11 is 0. The van der Waals surface area contributed by atoms with E-state index in [2.05, 4.69) is 27.4 Å². The van der Waals surface area contributed by atoms with Crippen molar-refractivity contribution in [2.24, 2.45) is 0 Å². The van der Waals surface area contributed by atoms with E-state index in [9.17, 15) is 14.4 Å². The van der Waals surface area contributed by atoms with Crippen molar-refractivity contribution in [2.75, 3.05) is 36.4 Å². The molecule has 0 unspecified atom stereocenters. The van der Waals surface area contributed by atoms with Crippen molar-refractivity contribution in [2.45, 2.75) is 19.9 Å². The van der Waals surface area contributed by atoms with Crippen LogP contribution in [-0.2, 0) is 11.3 Å². The van der Waals surface area contributed by atoms with Crippen LogP contribution in [0.5, 0.6) is 0 Å². The number of piperazine rings is 1. The molecule has 1 saturated heterocycles. The van der Waals surface area contributed by atoms with E-state index in [0.29, 0.717) is 18.8 Å². The van der Waals surface area contributed by atoms with Gasteiger partial charge < -0.3 is 15.1 Å². The summed E-state index contributed by atoms with van der Waals surface area (Å²) in [6.45, 7) is 4.89. The first kappa shape index (κ1) is 22.3. The highest BCUT2D eigenvalue weighted by Gasteiger charge is 2.21. The first-order valence-corrected chi connectivity index (χ1v) is 11.0. The molecule has 1 aliphatic rings. The van der Waals surface area contributed by atoms with Crippen LogP contribution < -0.4 is 15.8 Å². The lowest BCUT2D eigenvalue weighted by atomic mass is 10.2. The summed E-state index contributed by atoms with van der Waals surface area (Å²) in [5.41, 5.74) is 2.67. The Kier molecular flexibility index (Phi) is 6.83. The van der Waals surface area contributed by atoms with E-state index in [1.54, 1.807) is 12.1 Å². The Morgan fingerprint density at radius 2 is 1.61 bits per heavy atom. The summed E-state index contributed by atoms with van der Waals surface area (Å²) in [4.78, 5) is 41.5. The molecule has 170 valence electrons. The number of amides is 2. The molecule has 0 bridgehead atoms. The molecule has 0 aliphatic carbocycles. The largest absolute Gasteiger partial charge is 0.368 e. The zero-order valence-corrected chi connectivity index (χ0v) is 18.6. The molecular formula is C25H27N5O3. The minimum Gasteiger partial charge on any atom is -0.368 e. The molecule has 2 amide bonds. The fourth-order valence-electron chi connectivity index (χ4n) is 3.77. The number of hydrogen-bond acceptors (Lipinski definition) is 5. The van der Waals surface area contributed by atoms with Gasteiger partial charge in [0.2, 0.25) is 5.91 Å². The average Bonchev–Trinajstić information content (AvgIpc) is 2.85. The van der Waals surface area contributed by atoms with Crippen molar-refractivity contribution in [1.82, 2.24) is 14.7 Å². The SMILES string of the molecule is Cc1ccc(NC(=O)c2ccc(=O)n(CCC(=O)N3CCN(c4ccccc4)CC3)n2)cc1. The first-order chi connectivity index (χ1) is 16.0. The van der Waals surface area contributed by atoms with Crippen LogP contribution in [0.1, 0.15) is 22.5 Å². The van der Waals surface area contributed by atoms with Gasteiger partial charge in [0.15, 0.2) is 0 Å². The maximum atomic E-state index is 12.7. The summed E-state index contributed by atoms with van der Waals surface area (Å²) < 4.78 is 1.18. The van der Waals surface area contributed by atoms with Crippen LogP contribution in [0.15, 0.2) is 71.5 Å². The molecule has 33 heavy (non-hydrogen) atoms. The summed E-state index contributed by atoms with van der Waals surface area (Å²) in [7, 11) is 0. The number of aromatic nitrogens is 2. The maximum Gasteiger partial charge on any atom is 0.276 e. The molecule has 0 radical (unpaired) electrons. The minimum absolute atomic E-state index is 0.0223. The number of hydrogen-bond donors (Lipinski definition) is 1. The van der Waals surface area contributed by atoms with E-state index >= 15 is 0 Å². The Morgan fingerprint density at radius 1 is 0.909 bits per heavy atom. The van der Waals surface area contributed by atoms with Gasteiger partial charge in [-0.1, -0.05) is 35.9 Å². The molecule has 1 aliphatic heterocycles. The van der Waals surface area contributed by atoms with Crippen LogP contribution in [0, 0.1) is 6.92 Å². The zero-order chi connectivity index (χ0) is 23.2. The van der Waals surface area contributed by atoms with Crippen molar-refractivity contribution in [3.05, 3.63) is 88.3 Å². The molecule has 2 heterocycles. The number of para-hydroxylation sites is 1. The third kappa shape index (κ3) is 5.65. The summed E-state index contributed by atoms with van der Waals surface area (Å²) in [6, 6.07) is 20.2.